The Morgan fingerprint density at radius 1 is 0.947 bits per heavy atom. The Morgan fingerprint density at radius 3 is 2.13 bits per heavy atom. The summed E-state index contributed by atoms with van der Waals surface area (Å²) in [6.07, 6.45) is 0.736. The van der Waals surface area contributed by atoms with Gasteiger partial charge in [-0.2, -0.15) is 0 Å². The van der Waals surface area contributed by atoms with Gasteiger partial charge in [-0.05, 0) is 59.4 Å². The predicted octanol–water partition coefficient (Wildman–Crippen LogP) is 6.17. The summed E-state index contributed by atoms with van der Waals surface area (Å²) >= 11 is 0. The average molecular weight is 517 g/mol. The number of ether oxygens (including phenoxy) is 3. The molecule has 0 radical (unpaired) electrons. The van der Waals surface area contributed by atoms with E-state index in [-0.39, 0.29) is 11.8 Å². The maximum Gasteiger partial charge on any atom is 0.254 e. The van der Waals surface area contributed by atoms with Crippen molar-refractivity contribution in [3.63, 3.8) is 0 Å². The Kier molecular flexibility index (Phi) is 8.25. The fourth-order valence-electron chi connectivity index (χ4n) is 5.18. The second-order valence-electron chi connectivity index (χ2n) is 9.73. The van der Waals surface area contributed by atoms with Gasteiger partial charge in [-0.3, -0.25) is 9.59 Å². The smallest absolute Gasteiger partial charge is 0.254 e. The highest BCUT2D eigenvalue weighted by Crippen LogP contribution is 2.47. The van der Waals surface area contributed by atoms with Crippen molar-refractivity contribution in [3.8, 4) is 17.2 Å². The van der Waals surface area contributed by atoms with Crippen LogP contribution < -0.4 is 19.5 Å². The van der Waals surface area contributed by atoms with Crippen LogP contribution in [0.15, 0.2) is 60.7 Å². The van der Waals surface area contributed by atoms with Crippen LogP contribution in [0.1, 0.15) is 72.1 Å². The molecule has 0 bridgehead atoms. The van der Waals surface area contributed by atoms with Gasteiger partial charge in [0, 0.05) is 17.8 Å². The van der Waals surface area contributed by atoms with Crippen LogP contribution in [0.5, 0.6) is 17.2 Å². The summed E-state index contributed by atoms with van der Waals surface area (Å²) in [6.45, 7) is 6.77. The van der Waals surface area contributed by atoms with Gasteiger partial charge in [0.15, 0.2) is 11.5 Å². The number of carbonyl (C=O) groups excluding carboxylic acids is 2. The number of nitrogens with zero attached hydrogens (tertiary/aromatic N) is 1. The summed E-state index contributed by atoms with van der Waals surface area (Å²) in [7, 11) is 4.65. The molecule has 0 fully saturated rings. The van der Waals surface area contributed by atoms with Crippen molar-refractivity contribution >= 4 is 17.5 Å². The molecule has 0 saturated heterocycles. The quantitative estimate of drug-likeness (QED) is 0.368. The van der Waals surface area contributed by atoms with Crippen molar-refractivity contribution in [2.75, 3.05) is 33.2 Å². The van der Waals surface area contributed by atoms with E-state index < -0.39 is 12.0 Å². The highest BCUT2D eigenvalue weighted by molar-refractivity contribution is 6.04. The molecular weight excluding hydrogens is 480 g/mol. The second-order valence-corrected chi connectivity index (χ2v) is 9.73. The van der Waals surface area contributed by atoms with Gasteiger partial charge in [-0.1, -0.05) is 51.1 Å². The number of carbonyl (C=O) groups is 2. The highest BCUT2D eigenvalue weighted by Gasteiger charge is 2.44. The van der Waals surface area contributed by atoms with Gasteiger partial charge >= 0.3 is 0 Å². The third kappa shape index (κ3) is 5.05. The van der Waals surface area contributed by atoms with Gasteiger partial charge in [-0.25, -0.2) is 0 Å². The Bertz CT molecular complexity index is 1280. The summed E-state index contributed by atoms with van der Waals surface area (Å²) in [6, 6.07) is 18.3. The summed E-state index contributed by atoms with van der Waals surface area (Å²) in [4.78, 5) is 29.6. The van der Waals surface area contributed by atoms with Gasteiger partial charge < -0.3 is 24.4 Å². The van der Waals surface area contributed by atoms with Gasteiger partial charge in [0.05, 0.1) is 33.3 Å². The van der Waals surface area contributed by atoms with Crippen LogP contribution in [0.2, 0.25) is 0 Å². The summed E-state index contributed by atoms with van der Waals surface area (Å²) in [5, 5.41) is 3.11. The molecule has 2 amide bonds. The van der Waals surface area contributed by atoms with E-state index in [2.05, 4.69) is 19.2 Å². The third-order valence-corrected chi connectivity index (χ3v) is 7.06. The molecule has 0 saturated carbocycles. The molecule has 3 aromatic rings. The van der Waals surface area contributed by atoms with E-state index in [4.69, 9.17) is 14.2 Å². The van der Waals surface area contributed by atoms with Crippen LogP contribution in [0.25, 0.3) is 0 Å². The van der Waals surface area contributed by atoms with Crippen molar-refractivity contribution < 1.29 is 23.8 Å². The summed E-state index contributed by atoms with van der Waals surface area (Å²) in [5.41, 5.74) is 3.87. The lowest BCUT2D eigenvalue weighted by atomic mass is 9.78. The fourth-order valence-corrected chi connectivity index (χ4v) is 5.18. The van der Waals surface area contributed by atoms with Gasteiger partial charge in [0.1, 0.15) is 0 Å². The van der Waals surface area contributed by atoms with Crippen molar-refractivity contribution in [1.29, 1.82) is 0 Å². The highest BCUT2D eigenvalue weighted by atomic mass is 16.5. The zero-order valence-corrected chi connectivity index (χ0v) is 22.9. The van der Waals surface area contributed by atoms with E-state index in [0.29, 0.717) is 46.5 Å². The van der Waals surface area contributed by atoms with Crippen LogP contribution >= 0.6 is 0 Å². The number of anilines is 1. The largest absolute Gasteiger partial charge is 0.493 e. The zero-order chi connectivity index (χ0) is 27.4. The SMILES string of the molecule is CCCN1C(=O)c2ccccc2[C@@H](C(=O)Nc2ccc(C(C)C)cc2)[C@@H]1c1cc(OC)c(OC)c(OC)c1. The van der Waals surface area contributed by atoms with E-state index >= 15 is 0 Å². The minimum atomic E-state index is -0.664. The van der Waals surface area contributed by atoms with Crippen molar-refractivity contribution in [2.24, 2.45) is 0 Å². The maximum absolute atomic E-state index is 14.1. The average Bonchev–Trinajstić information content (AvgIpc) is 2.93. The molecular formula is C31H36N2O5. The van der Waals surface area contributed by atoms with E-state index in [1.54, 1.807) is 32.3 Å². The molecule has 1 heterocycles. The fraction of sp³-hybridized carbons (Fsp3) is 0.355. The number of hydrogen-bond acceptors (Lipinski definition) is 5. The molecule has 1 N–H and O–H groups in total. The van der Waals surface area contributed by atoms with Gasteiger partial charge in [-0.15, -0.1) is 0 Å². The first-order chi connectivity index (χ1) is 18.3. The number of amides is 2. The summed E-state index contributed by atoms with van der Waals surface area (Å²) in [5.74, 6) is 0.815. The second kappa shape index (κ2) is 11.6. The minimum absolute atomic E-state index is 0.105. The van der Waals surface area contributed by atoms with Crippen LogP contribution in [0.3, 0.4) is 0 Å². The van der Waals surface area contributed by atoms with E-state index in [9.17, 15) is 9.59 Å². The molecule has 0 aliphatic carbocycles. The maximum atomic E-state index is 14.1. The molecule has 3 aromatic carbocycles. The van der Waals surface area contributed by atoms with E-state index in [0.717, 1.165) is 12.0 Å². The third-order valence-electron chi connectivity index (χ3n) is 7.06. The molecule has 0 spiro atoms. The lowest BCUT2D eigenvalue weighted by Gasteiger charge is -2.42. The number of nitrogens with one attached hydrogen (secondary N) is 1. The Balaban J connectivity index is 1.87. The minimum Gasteiger partial charge on any atom is -0.493 e. The normalized spacial score (nSPS) is 16.7. The number of fused-ring (bicyclic) bond motifs is 1. The molecule has 38 heavy (non-hydrogen) atoms. The summed E-state index contributed by atoms with van der Waals surface area (Å²) < 4.78 is 16.8. The molecule has 2 atom stereocenters. The number of rotatable bonds is 9. The molecule has 1 aliphatic heterocycles. The Morgan fingerprint density at radius 2 is 1.58 bits per heavy atom. The van der Waals surface area contributed by atoms with Crippen LogP contribution in [0.4, 0.5) is 5.69 Å². The molecule has 0 aromatic heterocycles. The number of hydrogen-bond donors (Lipinski definition) is 1. The number of benzene rings is 3. The number of methoxy groups -OCH3 is 3. The standard InChI is InChI=1S/C31H36N2O5/c1-7-16-33-28(21-17-25(36-4)29(38-6)26(18-21)37-5)27(23-10-8-9-11-24(23)31(33)35)30(34)32-22-14-12-20(13-15-22)19(2)3/h8-15,17-19,27-28H,7,16H2,1-6H3,(H,32,34)/t27-,28+/m1/s1. The Hall–Kier alpha value is -4.00. The zero-order valence-electron chi connectivity index (χ0n) is 22.9. The lowest BCUT2D eigenvalue weighted by Crippen LogP contribution is -2.46. The van der Waals surface area contributed by atoms with Crippen LogP contribution in [0, 0.1) is 0 Å². The lowest BCUT2D eigenvalue weighted by molar-refractivity contribution is -0.119. The molecule has 7 nitrogen and oxygen atoms in total. The molecule has 0 unspecified atom stereocenters. The van der Waals surface area contributed by atoms with Crippen molar-refractivity contribution in [3.05, 3.63) is 82.9 Å². The Labute approximate surface area is 224 Å². The van der Waals surface area contributed by atoms with Crippen molar-refractivity contribution in [2.45, 2.75) is 45.1 Å². The van der Waals surface area contributed by atoms with Gasteiger partial charge in [0.25, 0.3) is 5.91 Å². The molecule has 1 aliphatic rings. The molecule has 200 valence electrons. The van der Waals surface area contributed by atoms with E-state index in [1.807, 2.05) is 61.5 Å². The predicted molar refractivity (Wildman–Crippen MR) is 149 cm³/mol. The van der Waals surface area contributed by atoms with Crippen LogP contribution in [-0.4, -0.2) is 44.6 Å². The first-order valence-corrected chi connectivity index (χ1v) is 12.9. The topological polar surface area (TPSA) is 77.1 Å². The first-order valence-electron chi connectivity index (χ1n) is 12.9. The molecule has 4 rings (SSSR count). The van der Waals surface area contributed by atoms with Crippen LogP contribution in [-0.2, 0) is 4.79 Å². The van der Waals surface area contributed by atoms with Gasteiger partial charge in [0.2, 0.25) is 11.7 Å². The van der Waals surface area contributed by atoms with E-state index in [1.165, 1.54) is 5.56 Å². The van der Waals surface area contributed by atoms with Crippen molar-refractivity contribution in [1.82, 2.24) is 4.90 Å². The monoisotopic (exact) mass is 516 g/mol. The molecule has 7 heteroatoms. The first kappa shape index (κ1) is 27.0.